The summed E-state index contributed by atoms with van der Waals surface area (Å²) < 4.78 is 35.9. The molecule has 0 aromatic rings. The third-order valence-electron chi connectivity index (χ3n) is 18.7. The van der Waals surface area contributed by atoms with E-state index in [2.05, 4.69) is 47.6 Å². The van der Waals surface area contributed by atoms with Gasteiger partial charge in [0.2, 0.25) is 0 Å². The van der Waals surface area contributed by atoms with E-state index >= 15 is 0 Å². The van der Waals surface area contributed by atoms with Crippen molar-refractivity contribution < 1.29 is 94.8 Å². The van der Waals surface area contributed by atoms with Gasteiger partial charge in [0.15, 0.2) is 18.9 Å². The zero-order chi connectivity index (χ0) is 49.5. The van der Waals surface area contributed by atoms with Crippen molar-refractivity contribution in [1.29, 1.82) is 0 Å². The van der Waals surface area contributed by atoms with E-state index in [0.29, 0.717) is 25.7 Å². The van der Waals surface area contributed by atoms with E-state index in [-0.39, 0.29) is 34.5 Å². The third kappa shape index (κ3) is 9.13. The minimum absolute atomic E-state index is 0.0500. The van der Waals surface area contributed by atoms with Crippen LogP contribution in [0.4, 0.5) is 0 Å². The van der Waals surface area contributed by atoms with Crippen LogP contribution < -0.4 is 0 Å². The summed E-state index contributed by atoms with van der Waals surface area (Å²) in [6.07, 6.45) is -17.3. The van der Waals surface area contributed by atoms with E-state index in [9.17, 15) is 66.4 Å². The lowest BCUT2D eigenvalue weighted by atomic mass is 9.38. The molecule has 0 spiro atoms. The molecule has 3 aliphatic heterocycles. The highest BCUT2D eigenvalue weighted by molar-refractivity contribution is 5.32. The van der Waals surface area contributed by atoms with Gasteiger partial charge < -0.3 is 94.8 Å². The van der Waals surface area contributed by atoms with Gasteiger partial charge in [0.1, 0.15) is 73.2 Å². The van der Waals surface area contributed by atoms with Crippen molar-refractivity contribution in [2.75, 3.05) is 19.8 Å². The summed E-state index contributed by atoms with van der Waals surface area (Å²) in [7, 11) is 0. The van der Waals surface area contributed by atoms with Crippen molar-refractivity contribution in [3.8, 4) is 0 Å². The molecule has 0 amide bonds. The summed E-state index contributed by atoms with van der Waals surface area (Å²) in [4.78, 5) is 0. The highest BCUT2D eigenvalue weighted by Crippen LogP contribution is 2.75. The van der Waals surface area contributed by atoms with Gasteiger partial charge in [0, 0.05) is 10.8 Å². The van der Waals surface area contributed by atoms with Crippen LogP contribution >= 0.6 is 0 Å². The predicted octanol–water partition coefficient (Wildman–Crippen LogP) is -1.06. The molecule has 3 heterocycles. The van der Waals surface area contributed by atoms with Gasteiger partial charge in [-0.25, -0.2) is 0 Å². The average molecular weight is 963 g/mol. The van der Waals surface area contributed by atoms with E-state index in [1.807, 2.05) is 0 Å². The summed E-state index contributed by atoms with van der Waals surface area (Å²) in [5, 5.41) is 139. The number of allylic oxidation sites excluding steroid dienone is 1. The normalized spacial score (nSPS) is 51.0. The van der Waals surface area contributed by atoms with E-state index in [4.69, 9.17) is 28.4 Å². The van der Waals surface area contributed by atoms with E-state index in [1.54, 1.807) is 13.8 Å². The molecule has 7 rings (SSSR count). The molecule has 19 heteroatoms. The lowest BCUT2D eigenvalue weighted by Crippen LogP contribution is -2.65. The highest BCUT2D eigenvalue weighted by atomic mass is 16.8. The predicted molar refractivity (Wildman–Crippen MR) is 235 cm³/mol. The van der Waals surface area contributed by atoms with Crippen LogP contribution in [0, 0.1) is 45.3 Å². The highest BCUT2D eigenvalue weighted by Gasteiger charge is 2.70. The fraction of sp³-hybridized carbons (Fsp3) is 0.958. The molecule has 0 aromatic heterocycles. The lowest BCUT2D eigenvalue weighted by molar-refractivity contribution is -0.375. The summed E-state index contributed by atoms with van der Waals surface area (Å²) in [6.45, 7) is 14.5. The molecule has 6 fully saturated rings. The van der Waals surface area contributed by atoms with Crippen molar-refractivity contribution in [3.05, 3.63) is 11.6 Å². The van der Waals surface area contributed by atoms with Gasteiger partial charge in [0.25, 0.3) is 0 Å². The number of fused-ring (bicyclic) bond motifs is 5. The van der Waals surface area contributed by atoms with Gasteiger partial charge in [-0.3, -0.25) is 0 Å². The van der Waals surface area contributed by atoms with Gasteiger partial charge >= 0.3 is 0 Å². The van der Waals surface area contributed by atoms with Gasteiger partial charge in [-0.1, -0.05) is 53.2 Å². The largest absolute Gasteiger partial charge is 0.394 e. The maximum Gasteiger partial charge on any atom is 0.187 e. The number of ether oxygens (including phenoxy) is 6. The second kappa shape index (κ2) is 19.8. The topological polar surface area (TPSA) is 318 Å². The molecule has 0 aromatic carbocycles. The monoisotopic (exact) mass is 963 g/mol. The van der Waals surface area contributed by atoms with Crippen molar-refractivity contribution in [1.82, 2.24) is 0 Å². The van der Waals surface area contributed by atoms with Gasteiger partial charge in [0.05, 0.1) is 43.7 Å². The Balaban J connectivity index is 1.06. The molecule has 3 saturated carbocycles. The molecule has 0 bridgehead atoms. The maximum atomic E-state index is 12.6. The molecule has 67 heavy (non-hydrogen) atoms. The second-order valence-electron chi connectivity index (χ2n) is 23.0. The Bertz CT molecular complexity index is 1710. The Labute approximate surface area is 393 Å². The molecule has 4 aliphatic carbocycles. The van der Waals surface area contributed by atoms with Gasteiger partial charge in [-0.15, -0.1) is 0 Å². The van der Waals surface area contributed by atoms with Crippen molar-refractivity contribution in [3.63, 3.8) is 0 Å². The van der Waals surface area contributed by atoms with Gasteiger partial charge in [-0.05, 0) is 99.7 Å². The first-order valence-electron chi connectivity index (χ1n) is 24.5. The first-order chi connectivity index (χ1) is 31.2. The third-order valence-corrected chi connectivity index (χ3v) is 18.7. The van der Waals surface area contributed by atoms with Gasteiger partial charge in [-0.2, -0.15) is 0 Å². The first kappa shape index (κ1) is 53.8. The molecule has 25 atom stereocenters. The van der Waals surface area contributed by atoms with Crippen LogP contribution in [-0.2, 0) is 28.4 Å². The maximum absolute atomic E-state index is 12.6. The number of aliphatic hydroxyl groups is 13. The fourth-order valence-electron chi connectivity index (χ4n) is 14.2. The molecule has 7 aliphatic rings. The SMILES string of the molecule is C[C@@H](CC[C@@H](O[C@H]1O[C@@H](CO)[C@H](O)[C@@H](O)[C@@H]1O[C@@H]1O[C@H](CO)[C@H](O)[C@@H](O)[C@@H]1O)C(C)(C)O)[C@@H]1CC[C@@]2(C)[C@@H]3CC=C4[C@H](CC[C@H](O[C@@H]5O[C@H](CO)[C@@H](O)[C@H](O)[C@@H]5O)C4(C)C)[C@]3(C)[C@H](O)C[C@]12C. The van der Waals surface area contributed by atoms with E-state index in [1.165, 1.54) is 5.57 Å². The lowest BCUT2D eigenvalue weighted by Gasteiger charge is -2.67. The van der Waals surface area contributed by atoms with Crippen LogP contribution in [0.3, 0.4) is 0 Å². The number of rotatable bonds is 14. The standard InChI is InChI=1S/C48H82O19/c1-21(9-13-31(45(4,5)61)66-43-40(37(58)34(55)27(20-51)64-43)67-42-39(60)36(57)33(54)26(19-50)63-42)22-15-16-46(6)28-12-10-23-24(48(28,8)29(52)17-47(22,46)7)11-14-30(44(23,2)3)65-41-38(59)35(56)32(53)25(18-49)62-41/h10,21-22,24-43,49-61H,9,11-20H2,1-8H3/t21-,22-,24-,25+,26+,27-,28-,29+,30-,31+,32+,33-,34-,35-,36+,37+,38-,39-,40-,41-,42-,43+,46-,47+,48-/m0/s1. The van der Waals surface area contributed by atoms with Crippen molar-refractivity contribution in [2.24, 2.45) is 45.3 Å². The van der Waals surface area contributed by atoms with Crippen LogP contribution in [0.5, 0.6) is 0 Å². The number of hydrogen-bond acceptors (Lipinski definition) is 19. The molecule has 0 radical (unpaired) electrons. The van der Waals surface area contributed by atoms with Crippen molar-refractivity contribution >= 4 is 0 Å². The van der Waals surface area contributed by atoms with Crippen LogP contribution in [-0.4, -0.2) is 202 Å². The van der Waals surface area contributed by atoms with Crippen LogP contribution in [0.25, 0.3) is 0 Å². The summed E-state index contributed by atoms with van der Waals surface area (Å²) in [5.41, 5.74) is -1.70. The van der Waals surface area contributed by atoms with Crippen LogP contribution in [0.15, 0.2) is 11.6 Å². The second-order valence-corrected chi connectivity index (χ2v) is 23.0. The minimum Gasteiger partial charge on any atom is -0.394 e. The molecule has 0 unspecified atom stereocenters. The van der Waals surface area contributed by atoms with E-state index in [0.717, 1.165) is 25.7 Å². The summed E-state index contributed by atoms with van der Waals surface area (Å²) in [5.74, 6) is 0.476. The number of aliphatic hydroxyl groups excluding tert-OH is 12. The Kier molecular flexibility index (Phi) is 15.9. The number of hydrogen-bond donors (Lipinski definition) is 13. The molecule has 13 N–H and O–H groups in total. The smallest absolute Gasteiger partial charge is 0.187 e. The quantitative estimate of drug-likeness (QED) is 0.0924. The Hall–Kier alpha value is -1.02. The first-order valence-corrected chi connectivity index (χ1v) is 24.5. The molecule has 3 saturated heterocycles. The molecule has 19 nitrogen and oxygen atoms in total. The van der Waals surface area contributed by atoms with Crippen LogP contribution in [0.1, 0.15) is 107 Å². The minimum atomic E-state index is -1.83. The Morgan fingerprint density at radius 3 is 1.72 bits per heavy atom. The average Bonchev–Trinajstić information content (AvgIpc) is 3.54. The molecular formula is C48H82O19. The Morgan fingerprint density at radius 1 is 0.657 bits per heavy atom. The zero-order valence-corrected chi connectivity index (χ0v) is 40.3. The molecular weight excluding hydrogens is 881 g/mol. The zero-order valence-electron chi connectivity index (χ0n) is 40.3. The Morgan fingerprint density at radius 2 is 1.18 bits per heavy atom. The van der Waals surface area contributed by atoms with E-state index < -0.39 is 147 Å². The van der Waals surface area contributed by atoms with Crippen molar-refractivity contribution in [2.45, 2.75) is 223 Å². The van der Waals surface area contributed by atoms with Crippen LogP contribution in [0.2, 0.25) is 0 Å². The summed E-state index contributed by atoms with van der Waals surface area (Å²) in [6, 6.07) is 0. The summed E-state index contributed by atoms with van der Waals surface area (Å²) >= 11 is 0. The molecule has 388 valence electrons. The fourth-order valence-corrected chi connectivity index (χ4v) is 14.2.